The Labute approximate surface area is 105 Å². The van der Waals surface area contributed by atoms with Crippen LogP contribution < -0.4 is 0 Å². The minimum absolute atomic E-state index is 0.0731. The highest BCUT2D eigenvalue weighted by Crippen LogP contribution is 2.22. The molecule has 0 aromatic heterocycles. The number of hydrogen-bond donors (Lipinski definition) is 0. The van der Waals surface area contributed by atoms with Crippen molar-refractivity contribution >= 4 is 16.7 Å². The molecule has 1 fully saturated rings. The molecule has 3 nitrogen and oxygen atoms in total. The molecule has 92 valence electrons. The zero-order valence-corrected chi connectivity index (χ0v) is 10.1. The molecule has 3 heteroatoms. The fraction of sp³-hybridized carbons (Fsp3) is 0.267. The third kappa shape index (κ3) is 2.09. The van der Waals surface area contributed by atoms with Crippen LogP contribution in [-0.4, -0.2) is 24.8 Å². The van der Waals surface area contributed by atoms with Gasteiger partial charge < -0.3 is 9.47 Å². The van der Waals surface area contributed by atoms with Crippen LogP contribution in [0.4, 0.5) is 0 Å². The molecule has 0 radical (unpaired) electrons. The van der Waals surface area contributed by atoms with Gasteiger partial charge >= 0.3 is 5.97 Å². The molecule has 18 heavy (non-hydrogen) atoms. The minimum atomic E-state index is -0.283. The summed E-state index contributed by atoms with van der Waals surface area (Å²) in [7, 11) is 0. The van der Waals surface area contributed by atoms with Crippen molar-refractivity contribution in [3.05, 3.63) is 48.0 Å². The highest BCUT2D eigenvalue weighted by Gasteiger charge is 2.32. The van der Waals surface area contributed by atoms with Gasteiger partial charge in [-0.15, -0.1) is 0 Å². The Morgan fingerprint density at radius 1 is 1.28 bits per heavy atom. The maximum absolute atomic E-state index is 12.1. The van der Waals surface area contributed by atoms with Gasteiger partial charge in [0, 0.05) is 0 Å². The lowest BCUT2D eigenvalue weighted by Gasteiger charge is -2.11. The second-order valence-electron chi connectivity index (χ2n) is 4.51. The fourth-order valence-corrected chi connectivity index (χ4v) is 2.04. The standard InChI is InChI=1S/C15H14O3/c1-10(14-9-17-14)18-15(16)13-8-4-6-11-5-2-3-7-12(11)13/h2-8,10,14H,9H2,1H3. The summed E-state index contributed by atoms with van der Waals surface area (Å²) in [5, 5.41) is 1.97. The predicted molar refractivity (Wildman–Crippen MR) is 68.6 cm³/mol. The molecule has 0 amide bonds. The SMILES string of the molecule is CC(OC(=O)c1cccc2ccccc12)C1CO1. The largest absolute Gasteiger partial charge is 0.456 e. The summed E-state index contributed by atoms with van der Waals surface area (Å²) in [6, 6.07) is 13.5. The molecule has 2 unspecified atom stereocenters. The van der Waals surface area contributed by atoms with Crippen LogP contribution in [-0.2, 0) is 9.47 Å². The summed E-state index contributed by atoms with van der Waals surface area (Å²) in [5.41, 5.74) is 0.612. The van der Waals surface area contributed by atoms with Gasteiger partial charge in [-0.1, -0.05) is 36.4 Å². The normalized spacial score (nSPS) is 19.5. The number of epoxide rings is 1. The average Bonchev–Trinajstić information content (AvgIpc) is 3.22. The van der Waals surface area contributed by atoms with Crippen LogP contribution >= 0.6 is 0 Å². The summed E-state index contributed by atoms with van der Waals surface area (Å²) in [5.74, 6) is -0.283. The van der Waals surface area contributed by atoms with E-state index in [9.17, 15) is 4.79 Å². The second-order valence-corrected chi connectivity index (χ2v) is 4.51. The molecule has 0 N–H and O–H groups in total. The van der Waals surface area contributed by atoms with Crippen LogP contribution in [0.1, 0.15) is 17.3 Å². The van der Waals surface area contributed by atoms with E-state index in [0.717, 1.165) is 10.8 Å². The van der Waals surface area contributed by atoms with Crippen molar-refractivity contribution in [2.75, 3.05) is 6.61 Å². The molecule has 1 heterocycles. The molecule has 1 aliphatic heterocycles. The lowest BCUT2D eigenvalue weighted by atomic mass is 10.0. The van der Waals surface area contributed by atoms with Crippen molar-refractivity contribution in [3.8, 4) is 0 Å². The van der Waals surface area contributed by atoms with Gasteiger partial charge in [0.15, 0.2) is 0 Å². The van der Waals surface area contributed by atoms with E-state index in [1.165, 1.54) is 0 Å². The molecule has 2 atom stereocenters. The quantitative estimate of drug-likeness (QED) is 0.613. The molecule has 2 aromatic rings. The van der Waals surface area contributed by atoms with Gasteiger partial charge in [0.1, 0.15) is 12.2 Å². The van der Waals surface area contributed by atoms with Gasteiger partial charge in [0.2, 0.25) is 0 Å². The van der Waals surface area contributed by atoms with Crippen LogP contribution in [0.15, 0.2) is 42.5 Å². The predicted octanol–water partition coefficient (Wildman–Crippen LogP) is 2.78. The molecule has 0 saturated carbocycles. The highest BCUT2D eigenvalue weighted by molar-refractivity contribution is 6.04. The minimum Gasteiger partial charge on any atom is -0.456 e. The zero-order chi connectivity index (χ0) is 12.5. The van der Waals surface area contributed by atoms with Crippen LogP contribution in [0.3, 0.4) is 0 Å². The van der Waals surface area contributed by atoms with Gasteiger partial charge in [-0.2, -0.15) is 0 Å². The first-order valence-corrected chi connectivity index (χ1v) is 6.06. The third-order valence-electron chi connectivity index (χ3n) is 3.19. The molecular weight excluding hydrogens is 228 g/mol. The van der Waals surface area contributed by atoms with Gasteiger partial charge in [-0.25, -0.2) is 4.79 Å². The van der Waals surface area contributed by atoms with Gasteiger partial charge in [-0.05, 0) is 23.8 Å². The van der Waals surface area contributed by atoms with Crippen LogP contribution in [0.5, 0.6) is 0 Å². The number of rotatable bonds is 3. The first-order valence-electron chi connectivity index (χ1n) is 6.06. The first kappa shape index (κ1) is 11.2. The Balaban J connectivity index is 1.90. The molecule has 0 bridgehead atoms. The number of carbonyl (C=O) groups is 1. The summed E-state index contributed by atoms with van der Waals surface area (Å²) < 4.78 is 10.5. The number of hydrogen-bond acceptors (Lipinski definition) is 3. The maximum atomic E-state index is 12.1. The number of carbonyl (C=O) groups excluding carboxylic acids is 1. The van der Waals surface area contributed by atoms with Gasteiger partial charge in [-0.3, -0.25) is 0 Å². The Kier molecular flexibility index (Phi) is 2.76. The Hall–Kier alpha value is -1.87. The Morgan fingerprint density at radius 3 is 2.78 bits per heavy atom. The molecule has 1 aliphatic rings. The van der Waals surface area contributed by atoms with Crippen LogP contribution in [0, 0.1) is 0 Å². The van der Waals surface area contributed by atoms with E-state index < -0.39 is 0 Å². The average molecular weight is 242 g/mol. The lowest BCUT2D eigenvalue weighted by molar-refractivity contribution is 0.0280. The monoisotopic (exact) mass is 242 g/mol. The van der Waals surface area contributed by atoms with Gasteiger partial charge in [0.05, 0.1) is 12.2 Å². The number of fused-ring (bicyclic) bond motifs is 1. The van der Waals surface area contributed by atoms with Crippen molar-refractivity contribution in [1.29, 1.82) is 0 Å². The maximum Gasteiger partial charge on any atom is 0.339 e. The Morgan fingerprint density at radius 2 is 2.00 bits per heavy atom. The van der Waals surface area contributed by atoms with E-state index in [1.807, 2.05) is 43.3 Å². The van der Waals surface area contributed by atoms with Crippen LogP contribution in [0.2, 0.25) is 0 Å². The first-order chi connectivity index (χ1) is 8.75. The summed E-state index contributed by atoms with van der Waals surface area (Å²) in [4.78, 5) is 12.1. The molecule has 0 aliphatic carbocycles. The second kappa shape index (κ2) is 4.42. The smallest absolute Gasteiger partial charge is 0.339 e. The summed E-state index contributed by atoms with van der Waals surface area (Å²) >= 11 is 0. The van der Waals surface area contributed by atoms with Crippen LogP contribution in [0.25, 0.3) is 10.8 Å². The van der Waals surface area contributed by atoms with Gasteiger partial charge in [0.25, 0.3) is 0 Å². The van der Waals surface area contributed by atoms with Crippen molar-refractivity contribution in [2.24, 2.45) is 0 Å². The van der Waals surface area contributed by atoms with E-state index in [2.05, 4.69) is 0 Å². The zero-order valence-electron chi connectivity index (χ0n) is 10.1. The van der Waals surface area contributed by atoms with Crippen molar-refractivity contribution in [2.45, 2.75) is 19.1 Å². The van der Waals surface area contributed by atoms with Crippen molar-refractivity contribution in [3.63, 3.8) is 0 Å². The lowest BCUT2D eigenvalue weighted by Crippen LogP contribution is -2.20. The van der Waals surface area contributed by atoms with E-state index >= 15 is 0 Å². The molecule has 3 rings (SSSR count). The number of esters is 1. The molecule has 1 saturated heterocycles. The van der Waals surface area contributed by atoms with E-state index in [4.69, 9.17) is 9.47 Å². The van der Waals surface area contributed by atoms with E-state index in [0.29, 0.717) is 12.2 Å². The number of ether oxygens (including phenoxy) is 2. The number of benzene rings is 2. The summed E-state index contributed by atoms with van der Waals surface area (Å²) in [6.07, 6.45) is -0.111. The fourth-order valence-electron chi connectivity index (χ4n) is 2.04. The highest BCUT2D eigenvalue weighted by atomic mass is 16.6. The summed E-state index contributed by atoms with van der Waals surface area (Å²) in [6.45, 7) is 2.55. The van der Waals surface area contributed by atoms with Crippen molar-refractivity contribution < 1.29 is 14.3 Å². The topological polar surface area (TPSA) is 38.8 Å². The van der Waals surface area contributed by atoms with E-state index in [1.54, 1.807) is 6.07 Å². The molecule has 0 spiro atoms. The van der Waals surface area contributed by atoms with E-state index in [-0.39, 0.29) is 18.2 Å². The Bertz CT molecular complexity index is 582. The third-order valence-corrected chi connectivity index (χ3v) is 3.19. The molecule has 2 aromatic carbocycles. The van der Waals surface area contributed by atoms with Crippen molar-refractivity contribution in [1.82, 2.24) is 0 Å². The molecular formula is C15H14O3.